The lowest BCUT2D eigenvalue weighted by atomic mass is 9.87. The molecule has 3 fully saturated rings. The van der Waals surface area contributed by atoms with Gasteiger partial charge in [-0.3, -0.25) is 9.69 Å². The molecule has 5 rings (SSSR count). The summed E-state index contributed by atoms with van der Waals surface area (Å²) in [5.74, 6) is 1.55. The van der Waals surface area contributed by atoms with Crippen molar-refractivity contribution in [2.24, 2.45) is 0 Å². The molecule has 7 nitrogen and oxygen atoms in total. The van der Waals surface area contributed by atoms with Gasteiger partial charge in [0, 0.05) is 41.5 Å². The number of benzene rings is 1. The van der Waals surface area contributed by atoms with Gasteiger partial charge in [-0.15, -0.1) is 0 Å². The Hall–Kier alpha value is -2.38. The lowest BCUT2D eigenvalue weighted by Gasteiger charge is -2.56. The number of aryl methyl sites for hydroxylation is 1. The van der Waals surface area contributed by atoms with Crippen molar-refractivity contribution in [3.63, 3.8) is 0 Å². The number of aromatic nitrogens is 2. The van der Waals surface area contributed by atoms with Gasteiger partial charge in [-0.2, -0.15) is 0 Å². The summed E-state index contributed by atoms with van der Waals surface area (Å²) in [6, 6.07) is 5.92. The molecule has 2 aromatic rings. The molecule has 148 valence electrons. The number of piperazine rings is 1. The van der Waals surface area contributed by atoms with Gasteiger partial charge >= 0.3 is 0 Å². The minimum Gasteiger partial charge on any atom is -0.495 e. The van der Waals surface area contributed by atoms with Gasteiger partial charge in [-0.05, 0) is 38.5 Å². The van der Waals surface area contributed by atoms with Gasteiger partial charge in [0.15, 0.2) is 0 Å². The summed E-state index contributed by atoms with van der Waals surface area (Å²) in [6.45, 7) is 6.18. The van der Waals surface area contributed by atoms with Crippen molar-refractivity contribution in [1.29, 1.82) is 0 Å². The largest absolute Gasteiger partial charge is 0.495 e. The number of anilines is 2. The highest BCUT2D eigenvalue weighted by Gasteiger charge is 2.45. The molecular formula is C20H24ClN5O2. The smallest absolute Gasteiger partial charge is 0.238 e. The topological polar surface area (TPSA) is 70.6 Å². The Bertz CT molecular complexity index is 894. The zero-order valence-corrected chi connectivity index (χ0v) is 17.0. The Morgan fingerprint density at radius 3 is 2.75 bits per heavy atom. The molecule has 0 spiro atoms. The molecule has 3 saturated heterocycles. The van der Waals surface area contributed by atoms with Crippen LogP contribution in [-0.4, -0.2) is 59.6 Å². The van der Waals surface area contributed by atoms with E-state index in [2.05, 4.69) is 32.0 Å². The number of hydrogen-bond acceptors (Lipinski definition) is 6. The van der Waals surface area contributed by atoms with E-state index < -0.39 is 0 Å². The number of piperidine rings is 1. The van der Waals surface area contributed by atoms with Crippen LogP contribution in [0.4, 0.5) is 11.5 Å². The molecular weight excluding hydrogens is 378 g/mol. The summed E-state index contributed by atoms with van der Waals surface area (Å²) >= 11 is 6.04. The first kappa shape index (κ1) is 19.0. The first-order valence-electron chi connectivity index (χ1n) is 9.38. The van der Waals surface area contributed by atoms with Crippen LogP contribution >= 0.6 is 11.6 Å². The zero-order chi connectivity index (χ0) is 19.8. The number of nitrogens with one attached hydrogen (secondary N) is 1. The molecule has 3 aliphatic rings. The third kappa shape index (κ3) is 3.52. The molecule has 4 heterocycles. The van der Waals surface area contributed by atoms with E-state index in [1.165, 1.54) is 0 Å². The van der Waals surface area contributed by atoms with Crippen LogP contribution < -0.4 is 15.0 Å². The lowest BCUT2D eigenvalue weighted by molar-refractivity contribution is -0.121. The zero-order valence-electron chi connectivity index (χ0n) is 16.3. The predicted molar refractivity (Wildman–Crippen MR) is 109 cm³/mol. The summed E-state index contributed by atoms with van der Waals surface area (Å²) in [7, 11) is 1.57. The third-order valence-corrected chi connectivity index (χ3v) is 5.95. The maximum absolute atomic E-state index is 12.6. The molecule has 1 aromatic heterocycles. The highest BCUT2D eigenvalue weighted by Crippen LogP contribution is 2.35. The highest BCUT2D eigenvalue weighted by atomic mass is 35.5. The number of carbonyl (C=O) groups is 1. The van der Waals surface area contributed by atoms with Crippen LogP contribution in [0.25, 0.3) is 0 Å². The van der Waals surface area contributed by atoms with Crippen LogP contribution in [-0.2, 0) is 4.79 Å². The number of ether oxygens (including phenoxy) is 1. The Kier molecular flexibility index (Phi) is 5.12. The van der Waals surface area contributed by atoms with Crippen LogP contribution in [0.15, 0.2) is 24.5 Å². The van der Waals surface area contributed by atoms with Crippen molar-refractivity contribution in [2.75, 3.05) is 37.0 Å². The van der Waals surface area contributed by atoms with Crippen LogP contribution in [0.2, 0.25) is 5.02 Å². The summed E-state index contributed by atoms with van der Waals surface area (Å²) in [6.07, 6.45) is 2.74. The Labute approximate surface area is 169 Å². The van der Waals surface area contributed by atoms with Crippen molar-refractivity contribution in [2.45, 2.75) is 32.4 Å². The molecule has 2 unspecified atom stereocenters. The van der Waals surface area contributed by atoms with E-state index in [0.29, 0.717) is 35.1 Å². The van der Waals surface area contributed by atoms with Crippen molar-refractivity contribution >= 4 is 29.0 Å². The molecule has 2 bridgehead atoms. The van der Waals surface area contributed by atoms with E-state index in [9.17, 15) is 4.79 Å². The summed E-state index contributed by atoms with van der Waals surface area (Å²) in [5.41, 5.74) is 2.73. The van der Waals surface area contributed by atoms with Gasteiger partial charge in [-0.1, -0.05) is 11.6 Å². The molecule has 1 amide bonds. The van der Waals surface area contributed by atoms with E-state index >= 15 is 0 Å². The van der Waals surface area contributed by atoms with Gasteiger partial charge in [-0.25, -0.2) is 9.97 Å². The van der Waals surface area contributed by atoms with Crippen molar-refractivity contribution in [3.05, 3.63) is 40.8 Å². The fourth-order valence-corrected chi connectivity index (χ4v) is 4.27. The number of fused-ring (bicyclic) bond motifs is 2. The lowest BCUT2D eigenvalue weighted by Crippen LogP contribution is -2.70. The Morgan fingerprint density at radius 2 is 2.04 bits per heavy atom. The number of methoxy groups -OCH3 is 1. The van der Waals surface area contributed by atoms with Crippen LogP contribution in [0.1, 0.15) is 17.7 Å². The van der Waals surface area contributed by atoms with E-state index in [-0.39, 0.29) is 5.91 Å². The van der Waals surface area contributed by atoms with Crippen molar-refractivity contribution < 1.29 is 9.53 Å². The number of amides is 1. The van der Waals surface area contributed by atoms with Crippen LogP contribution in [0.5, 0.6) is 5.75 Å². The number of rotatable bonds is 5. The monoisotopic (exact) mass is 401 g/mol. The molecule has 0 radical (unpaired) electrons. The summed E-state index contributed by atoms with van der Waals surface area (Å²) in [5, 5.41) is 3.48. The molecule has 28 heavy (non-hydrogen) atoms. The third-order valence-electron chi connectivity index (χ3n) is 5.72. The standard InChI is InChI=1S/C20H24ClN5O2/c1-12-13(2)22-11-23-20(12)25-8-15-7-16(9-25)26(15)10-19(27)24-17-6-14(21)4-5-18(17)28-3/h4-6,11,15-16H,7-10H2,1-3H3,(H,24,27). The second kappa shape index (κ2) is 7.56. The molecule has 2 atom stereocenters. The number of nitrogens with zero attached hydrogens (tertiary/aromatic N) is 4. The van der Waals surface area contributed by atoms with Crippen molar-refractivity contribution in [1.82, 2.24) is 14.9 Å². The quantitative estimate of drug-likeness (QED) is 0.830. The average Bonchev–Trinajstić information content (AvgIpc) is 2.68. The van der Waals surface area contributed by atoms with Gasteiger partial charge in [0.2, 0.25) is 5.91 Å². The fraction of sp³-hybridized carbons (Fsp3) is 0.450. The number of halogens is 1. The van der Waals surface area contributed by atoms with Crippen LogP contribution in [0, 0.1) is 13.8 Å². The number of hydrogen-bond donors (Lipinski definition) is 1. The molecule has 8 heteroatoms. The van der Waals surface area contributed by atoms with E-state index in [1.54, 1.807) is 31.6 Å². The molecule has 3 aliphatic heterocycles. The SMILES string of the molecule is COc1ccc(Cl)cc1NC(=O)CN1C2CC1CN(c1ncnc(C)c1C)C2. The molecule has 0 saturated carbocycles. The Balaban J connectivity index is 1.39. The summed E-state index contributed by atoms with van der Waals surface area (Å²) < 4.78 is 5.30. The highest BCUT2D eigenvalue weighted by molar-refractivity contribution is 6.31. The first-order valence-corrected chi connectivity index (χ1v) is 9.76. The Morgan fingerprint density at radius 1 is 1.29 bits per heavy atom. The van der Waals surface area contributed by atoms with Crippen molar-refractivity contribution in [3.8, 4) is 5.75 Å². The molecule has 1 N–H and O–H groups in total. The second-order valence-electron chi connectivity index (χ2n) is 7.42. The molecule has 1 aromatic carbocycles. The molecule has 0 aliphatic carbocycles. The van der Waals surface area contributed by atoms with E-state index in [1.807, 2.05) is 6.92 Å². The van der Waals surface area contributed by atoms with E-state index in [0.717, 1.165) is 36.6 Å². The second-order valence-corrected chi connectivity index (χ2v) is 7.86. The van der Waals surface area contributed by atoms with Gasteiger partial charge in [0.1, 0.15) is 17.9 Å². The first-order chi connectivity index (χ1) is 13.5. The predicted octanol–water partition coefficient (Wildman–Crippen LogP) is 2.66. The maximum Gasteiger partial charge on any atom is 0.238 e. The fourth-order valence-electron chi connectivity index (χ4n) is 4.10. The minimum atomic E-state index is -0.0576. The average molecular weight is 402 g/mol. The van der Waals surface area contributed by atoms with Crippen LogP contribution in [0.3, 0.4) is 0 Å². The normalized spacial score (nSPS) is 21.2. The maximum atomic E-state index is 12.6. The van der Waals surface area contributed by atoms with Gasteiger partial charge in [0.05, 0.1) is 19.3 Å². The number of carbonyl (C=O) groups excluding carboxylic acids is 1. The van der Waals surface area contributed by atoms with Gasteiger partial charge < -0.3 is 15.0 Å². The van der Waals surface area contributed by atoms with E-state index in [4.69, 9.17) is 16.3 Å². The summed E-state index contributed by atoms with van der Waals surface area (Å²) in [4.78, 5) is 25.9. The minimum absolute atomic E-state index is 0.0576. The van der Waals surface area contributed by atoms with Gasteiger partial charge in [0.25, 0.3) is 0 Å².